The summed E-state index contributed by atoms with van der Waals surface area (Å²) in [4.78, 5) is 16.7. The molecule has 0 aromatic rings. The van der Waals surface area contributed by atoms with E-state index in [9.17, 15) is 9.90 Å². The van der Waals surface area contributed by atoms with Gasteiger partial charge in [0.2, 0.25) is 0 Å². The van der Waals surface area contributed by atoms with Crippen molar-refractivity contribution < 1.29 is 9.90 Å². The van der Waals surface area contributed by atoms with E-state index in [2.05, 4.69) is 29.2 Å². The van der Waals surface area contributed by atoms with Crippen molar-refractivity contribution in [2.45, 2.75) is 6.42 Å². The van der Waals surface area contributed by atoms with Crippen LogP contribution in [0.1, 0.15) is 6.42 Å². The van der Waals surface area contributed by atoms with E-state index in [-0.39, 0.29) is 6.54 Å². The molecular weight excluding hydrogens is 244 g/mol. The van der Waals surface area contributed by atoms with Gasteiger partial charge < -0.3 is 15.1 Å². The summed E-state index contributed by atoms with van der Waals surface area (Å²) in [6.45, 7) is 5.82. The molecule has 0 atom stereocenters. The van der Waals surface area contributed by atoms with Gasteiger partial charge in [-0.05, 0) is 47.7 Å². The lowest BCUT2D eigenvalue weighted by atomic mass is 10.3. The molecule has 0 saturated heterocycles. The summed E-state index contributed by atoms with van der Waals surface area (Å²) >= 11 is 0. The second-order valence-corrected chi connectivity index (χ2v) is 5.17. The highest BCUT2D eigenvalue weighted by Crippen LogP contribution is 1.92. The second kappa shape index (κ2) is 11.2. The van der Waals surface area contributed by atoms with Crippen molar-refractivity contribution >= 4 is 5.97 Å². The standard InChI is InChI=1S/C13H29N4O2/c1-14-6-9-15(2)7-5-8-16(3)10-11-17(4)12-13(18)19/h14H,5-12H2,1-4H3. The van der Waals surface area contributed by atoms with Crippen LogP contribution >= 0.6 is 0 Å². The summed E-state index contributed by atoms with van der Waals surface area (Å²) in [7, 11) is 7.96. The van der Waals surface area contributed by atoms with Gasteiger partial charge in [-0.1, -0.05) is 0 Å². The first-order valence-corrected chi connectivity index (χ1v) is 6.85. The van der Waals surface area contributed by atoms with E-state index < -0.39 is 5.97 Å². The maximum Gasteiger partial charge on any atom is 0.369 e. The zero-order valence-corrected chi connectivity index (χ0v) is 12.8. The van der Waals surface area contributed by atoms with Crippen LogP contribution in [0.15, 0.2) is 0 Å². The van der Waals surface area contributed by atoms with Crippen LogP contribution in [0.25, 0.3) is 0 Å². The fourth-order valence-corrected chi connectivity index (χ4v) is 1.78. The molecule has 0 aliphatic rings. The van der Waals surface area contributed by atoms with Gasteiger partial charge in [-0.15, -0.1) is 0 Å². The highest BCUT2D eigenvalue weighted by Gasteiger charge is 2.07. The summed E-state index contributed by atoms with van der Waals surface area (Å²) in [5.41, 5.74) is 0. The van der Waals surface area contributed by atoms with Gasteiger partial charge in [0.1, 0.15) is 6.54 Å². The fraction of sp³-hybridized carbons (Fsp3) is 0.923. The molecule has 0 spiro atoms. The lowest BCUT2D eigenvalue weighted by Gasteiger charge is -2.22. The Morgan fingerprint density at radius 2 is 1.42 bits per heavy atom. The quantitative estimate of drug-likeness (QED) is 0.512. The number of hydrogen-bond acceptors (Lipinski definition) is 5. The molecule has 0 aliphatic carbocycles. The molecule has 19 heavy (non-hydrogen) atoms. The molecule has 0 unspecified atom stereocenters. The topological polar surface area (TPSA) is 58.7 Å². The van der Waals surface area contributed by atoms with Crippen LogP contribution in [-0.4, -0.2) is 94.7 Å². The Kier molecular flexibility index (Phi) is 10.8. The molecule has 0 saturated carbocycles. The van der Waals surface area contributed by atoms with Crippen molar-refractivity contribution in [2.24, 2.45) is 0 Å². The van der Waals surface area contributed by atoms with Crippen LogP contribution < -0.4 is 5.32 Å². The normalized spacial score (nSPS) is 11.7. The van der Waals surface area contributed by atoms with Crippen molar-refractivity contribution in [1.29, 1.82) is 0 Å². The number of rotatable bonds is 12. The van der Waals surface area contributed by atoms with Gasteiger partial charge >= 0.3 is 5.97 Å². The lowest BCUT2D eigenvalue weighted by molar-refractivity contribution is -0.144. The molecule has 113 valence electrons. The minimum atomic E-state index is -1.02. The van der Waals surface area contributed by atoms with Gasteiger partial charge in [-0.2, -0.15) is 0 Å². The molecule has 0 amide bonds. The van der Waals surface area contributed by atoms with Gasteiger partial charge in [-0.3, -0.25) is 4.90 Å². The Balaban J connectivity index is 3.53. The third-order valence-electron chi connectivity index (χ3n) is 3.09. The molecule has 0 heterocycles. The average Bonchev–Trinajstić information content (AvgIpc) is 2.33. The highest BCUT2D eigenvalue weighted by molar-refractivity contribution is 5.68. The number of likely N-dealkylation sites (N-methyl/N-ethyl adjacent to an activating group) is 4. The first-order valence-electron chi connectivity index (χ1n) is 6.85. The van der Waals surface area contributed by atoms with Gasteiger partial charge in [0.05, 0.1) is 0 Å². The Morgan fingerprint density at radius 3 is 1.95 bits per heavy atom. The minimum absolute atomic E-state index is 0.000591. The molecule has 0 bridgehead atoms. The molecule has 0 aromatic carbocycles. The van der Waals surface area contributed by atoms with Crippen LogP contribution in [0.3, 0.4) is 0 Å². The average molecular weight is 273 g/mol. The van der Waals surface area contributed by atoms with Crippen LogP contribution in [0.5, 0.6) is 0 Å². The third kappa shape index (κ3) is 12.1. The summed E-state index contributed by atoms with van der Waals surface area (Å²) in [5, 5.41) is 13.5. The van der Waals surface area contributed by atoms with Crippen LogP contribution in [0.4, 0.5) is 0 Å². The van der Waals surface area contributed by atoms with Crippen molar-refractivity contribution in [2.75, 3.05) is 74.0 Å². The Hall–Kier alpha value is -0.690. The predicted molar refractivity (Wildman–Crippen MR) is 76.7 cm³/mol. The van der Waals surface area contributed by atoms with Crippen LogP contribution in [-0.2, 0) is 9.90 Å². The Bertz CT molecular complexity index is 239. The largest absolute Gasteiger partial charge is 0.369 e. The zero-order valence-electron chi connectivity index (χ0n) is 12.8. The maximum absolute atomic E-state index is 10.4. The Labute approximate surface area is 117 Å². The Morgan fingerprint density at radius 1 is 0.895 bits per heavy atom. The summed E-state index contributed by atoms with van der Waals surface area (Å²) < 4.78 is 0. The van der Waals surface area contributed by atoms with Crippen molar-refractivity contribution in [1.82, 2.24) is 20.0 Å². The molecular formula is C13H29N4O2. The molecule has 6 heteroatoms. The summed E-state index contributed by atoms with van der Waals surface area (Å²) in [6.07, 6.45) is 1.13. The predicted octanol–water partition coefficient (Wildman–Crippen LogP) is -0.652. The van der Waals surface area contributed by atoms with Crippen molar-refractivity contribution in [3.8, 4) is 0 Å². The summed E-state index contributed by atoms with van der Waals surface area (Å²) in [6, 6.07) is 0. The third-order valence-corrected chi connectivity index (χ3v) is 3.09. The molecule has 0 aromatic heterocycles. The monoisotopic (exact) mass is 273 g/mol. The van der Waals surface area contributed by atoms with E-state index in [0.29, 0.717) is 0 Å². The zero-order chi connectivity index (χ0) is 14.7. The van der Waals surface area contributed by atoms with Crippen LogP contribution in [0.2, 0.25) is 0 Å². The molecule has 1 radical (unpaired) electrons. The van der Waals surface area contributed by atoms with Gasteiger partial charge in [0, 0.05) is 26.2 Å². The van der Waals surface area contributed by atoms with E-state index in [1.54, 1.807) is 11.9 Å². The number of nitrogens with one attached hydrogen (secondary N) is 1. The number of carbonyl (C=O) groups is 1. The van der Waals surface area contributed by atoms with Crippen molar-refractivity contribution in [3.05, 3.63) is 0 Å². The maximum atomic E-state index is 10.4. The lowest BCUT2D eigenvalue weighted by Crippen LogP contribution is -2.35. The molecule has 1 N–H and O–H groups in total. The molecule has 0 rings (SSSR count). The molecule has 6 nitrogen and oxygen atoms in total. The van der Waals surface area contributed by atoms with Gasteiger partial charge in [0.25, 0.3) is 0 Å². The number of carbonyl (C=O) groups excluding carboxylic acids is 1. The summed E-state index contributed by atoms with van der Waals surface area (Å²) in [5.74, 6) is -1.02. The second-order valence-electron chi connectivity index (χ2n) is 5.17. The first-order chi connectivity index (χ1) is 8.95. The van der Waals surface area contributed by atoms with Gasteiger partial charge in [-0.25, -0.2) is 9.90 Å². The molecule has 0 fully saturated rings. The van der Waals surface area contributed by atoms with Gasteiger partial charge in [0.15, 0.2) is 0 Å². The van der Waals surface area contributed by atoms with Crippen molar-refractivity contribution in [3.63, 3.8) is 0 Å². The van der Waals surface area contributed by atoms with E-state index in [1.807, 2.05) is 7.05 Å². The number of nitrogens with zero attached hydrogens (tertiary/aromatic N) is 3. The van der Waals surface area contributed by atoms with E-state index >= 15 is 0 Å². The highest BCUT2D eigenvalue weighted by atomic mass is 16.4. The van der Waals surface area contributed by atoms with Crippen LogP contribution in [0, 0.1) is 0 Å². The molecule has 0 aliphatic heterocycles. The number of hydrogen-bond donors (Lipinski definition) is 1. The van der Waals surface area contributed by atoms with E-state index in [4.69, 9.17) is 0 Å². The SMILES string of the molecule is CNCCN(C)CCCN(C)CCN(C)CC([O])=O. The minimum Gasteiger partial charge on any atom is -0.318 e. The van der Waals surface area contributed by atoms with E-state index in [1.165, 1.54) is 0 Å². The van der Waals surface area contributed by atoms with E-state index in [0.717, 1.165) is 45.7 Å². The smallest absolute Gasteiger partial charge is 0.318 e. The first kappa shape index (κ1) is 18.3. The fourth-order valence-electron chi connectivity index (χ4n) is 1.78.